The molecule has 0 aliphatic carbocycles. The van der Waals surface area contributed by atoms with E-state index in [9.17, 15) is 8.42 Å². The molecule has 2 atom stereocenters. The Morgan fingerprint density at radius 3 is 2.26 bits per heavy atom. The van der Waals surface area contributed by atoms with Crippen LogP contribution in [0.25, 0.3) is 0 Å². The highest BCUT2D eigenvalue weighted by molar-refractivity contribution is 7.91. The molecule has 2 fully saturated rings. The van der Waals surface area contributed by atoms with Gasteiger partial charge in [0.15, 0.2) is 0 Å². The highest BCUT2D eigenvalue weighted by Crippen LogP contribution is 2.34. The first kappa shape index (κ1) is 15.2. The molecular weight excluding hydrogens is 262 g/mol. The van der Waals surface area contributed by atoms with E-state index in [1.54, 1.807) is 0 Å². The molecule has 2 unspecified atom stereocenters. The van der Waals surface area contributed by atoms with Gasteiger partial charge in [0.05, 0.1) is 11.5 Å². The third-order valence-electron chi connectivity index (χ3n) is 5.04. The molecule has 0 saturated carbocycles. The van der Waals surface area contributed by atoms with Crippen LogP contribution in [0.3, 0.4) is 0 Å². The minimum atomic E-state index is -2.83. The molecule has 2 N–H and O–H groups in total. The third kappa shape index (κ3) is 2.96. The van der Waals surface area contributed by atoms with Gasteiger partial charge in [-0.2, -0.15) is 0 Å². The summed E-state index contributed by atoms with van der Waals surface area (Å²) in [5.74, 6) is 1.20. The van der Waals surface area contributed by atoms with Gasteiger partial charge in [-0.1, -0.05) is 6.92 Å². The van der Waals surface area contributed by atoms with Crippen LogP contribution in [0.2, 0.25) is 0 Å². The van der Waals surface area contributed by atoms with Gasteiger partial charge in [0.1, 0.15) is 9.84 Å². The molecule has 2 aliphatic rings. The van der Waals surface area contributed by atoms with Crippen molar-refractivity contribution in [3.05, 3.63) is 0 Å². The Balaban J connectivity index is 2.11. The number of nitrogens with zero attached hydrogens (tertiary/aromatic N) is 2. The average molecular weight is 289 g/mol. The Hall–Kier alpha value is -0.170. The van der Waals surface area contributed by atoms with Crippen molar-refractivity contribution >= 4 is 9.84 Å². The van der Waals surface area contributed by atoms with Crippen molar-refractivity contribution in [1.29, 1.82) is 0 Å². The minimum absolute atomic E-state index is 0.0929. The summed E-state index contributed by atoms with van der Waals surface area (Å²) in [7, 11) is 1.40. The fraction of sp³-hybridized carbons (Fsp3) is 1.00. The summed E-state index contributed by atoms with van der Waals surface area (Å²) in [5, 5.41) is 0. The second-order valence-electron chi connectivity index (χ2n) is 6.49. The third-order valence-corrected chi connectivity index (χ3v) is 6.70. The van der Waals surface area contributed by atoms with Gasteiger partial charge in [0, 0.05) is 31.2 Å². The van der Waals surface area contributed by atoms with Crippen LogP contribution in [0.15, 0.2) is 0 Å². The summed E-state index contributed by atoms with van der Waals surface area (Å²) in [6, 6.07) is 0.543. The van der Waals surface area contributed by atoms with Crippen molar-refractivity contribution in [3.8, 4) is 0 Å². The zero-order valence-electron chi connectivity index (χ0n) is 12.3. The number of likely N-dealkylation sites (N-methyl/N-ethyl adjacent to an activating group) is 1. The van der Waals surface area contributed by atoms with Crippen LogP contribution in [-0.2, 0) is 9.84 Å². The van der Waals surface area contributed by atoms with E-state index in [2.05, 4.69) is 30.8 Å². The van der Waals surface area contributed by atoms with Crippen LogP contribution < -0.4 is 5.73 Å². The van der Waals surface area contributed by atoms with Gasteiger partial charge < -0.3 is 10.6 Å². The van der Waals surface area contributed by atoms with Crippen molar-refractivity contribution in [1.82, 2.24) is 9.80 Å². The number of hydrogen-bond acceptors (Lipinski definition) is 5. The van der Waals surface area contributed by atoms with E-state index in [1.807, 2.05) is 0 Å². The first-order chi connectivity index (χ1) is 8.80. The molecular formula is C13H27N3O2S. The van der Waals surface area contributed by atoms with E-state index in [0.29, 0.717) is 42.9 Å². The standard InChI is InChI=1S/C13H27N3O2S/c1-11-8-16(9-12(11)15(2)3)13(10-14)4-6-19(17,18)7-5-13/h11-12H,4-10,14H2,1-3H3. The molecule has 0 bridgehead atoms. The van der Waals surface area contributed by atoms with E-state index >= 15 is 0 Å². The second-order valence-corrected chi connectivity index (χ2v) is 8.80. The first-order valence-corrected chi connectivity index (χ1v) is 8.94. The molecule has 2 saturated heterocycles. The van der Waals surface area contributed by atoms with Crippen LogP contribution in [0.1, 0.15) is 19.8 Å². The molecule has 0 aromatic rings. The van der Waals surface area contributed by atoms with Gasteiger partial charge in [0.2, 0.25) is 0 Å². The molecule has 0 radical (unpaired) electrons. The lowest BCUT2D eigenvalue weighted by molar-refractivity contribution is 0.101. The molecule has 0 aromatic carbocycles. The average Bonchev–Trinajstić information content (AvgIpc) is 2.73. The topological polar surface area (TPSA) is 66.6 Å². The normalized spacial score (nSPS) is 34.8. The van der Waals surface area contributed by atoms with Crippen LogP contribution in [-0.4, -0.2) is 75.0 Å². The maximum atomic E-state index is 11.6. The predicted octanol–water partition coefficient (Wildman–Crippen LogP) is -0.226. The summed E-state index contributed by atoms with van der Waals surface area (Å²) in [6.45, 7) is 4.87. The van der Waals surface area contributed by atoms with E-state index < -0.39 is 9.84 Å². The molecule has 0 spiro atoms. The Kier molecular flexibility index (Phi) is 4.26. The molecule has 112 valence electrons. The van der Waals surface area contributed by atoms with Crippen LogP contribution in [0.5, 0.6) is 0 Å². The first-order valence-electron chi connectivity index (χ1n) is 7.12. The highest BCUT2D eigenvalue weighted by atomic mass is 32.2. The summed E-state index contributed by atoms with van der Waals surface area (Å²) in [4.78, 5) is 4.73. The smallest absolute Gasteiger partial charge is 0.150 e. The fourth-order valence-electron chi connectivity index (χ4n) is 3.58. The Morgan fingerprint density at radius 2 is 1.84 bits per heavy atom. The van der Waals surface area contributed by atoms with Gasteiger partial charge in [-0.25, -0.2) is 8.42 Å². The van der Waals surface area contributed by atoms with E-state index in [0.717, 1.165) is 13.1 Å². The number of sulfone groups is 1. The van der Waals surface area contributed by atoms with Crippen LogP contribution in [0, 0.1) is 5.92 Å². The zero-order chi connectivity index (χ0) is 14.3. The van der Waals surface area contributed by atoms with Crippen molar-refractivity contribution in [3.63, 3.8) is 0 Å². The number of rotatable bonds is 3. The van der Waals surface area contributed by atoms with Gasteiger partial charge in [-0.15, -0.1) is 0 Å². The monoisotopic (exact) mass is 289 g/mol. The van der Waals surface area contributed by atoms with Crippen LogP contribution >= 0.6 is 0 Å². The summed E-state index contributed by atoms with van der Waals surface area (Å²) < 4.78 is 23.3. The highest BCUT2D eigenvalue weighted by Gasteiger charge is 2.45. The maximum Gasteiger partial charge on any atom is 0.150 e. The number of hydrogen-bond donors (Lipinski definition) is 1. The van der Waals surface area contributed by atoms with E-state index in [1.165, 1.54) is 0 Å². The summed E-state index contributed by atoms with van der Waals surface area (Å²) in [5.41, 5.74) is 5.93. The molecule has 2 rings (SSSR count). The van der Waals surface area contributed by atoms with Gasteiger partial charge >= 0.3 is 0 Å². The summed E-state index contributed by atoms with van der Waals surface area (Å²) >= 11 is 0. The largest absolute Gasteiger partial charge is 0.329 e. The van der Waals surface area contributed by atoms with Crippen LogP contribution in [0.4, 0.5) is 0 Å². The fourth-order valence-corrected chi connectivity index (χ4v) is 5.16. The summed E-state index contributed by atoms with van der Waals surface area (Å²) in [6.07, 6.45) is 1.39. The molecule has 2 aliphatic heterocycles. The molecule has 0 amide bonds. The van der Waals surface area contributed by atoms with E-state index in [-0.39, 0.29) is 5.54 Å². The second kappa shape index (κ2) is 5.31. The SMILES string of the molecule is CC1CN(C2(CN)CCS(=O)(=O)CC2)CC1N(C)C. The number of nitrogens with two attached hydrogens (primary N) is 1. The van der Waals surface area contributed by atoms with Crippen molar-refractivity contribution in [2.24, 2.45) is 11.7 Å². The van der Waals surface area contributed by atoms with Crippen molar-refractivity contribution in [2.45, 2.75) is 31.3 Å². The van der Waals surface area contributed by atoms with Crippen molar-refractivity contribution in [2.75, 3.05) is 45.2 Å². The Labute approximate surface area is 117 Å². The van der Waals surface area contributed by atoms with Gasteiger partial charge in [-0.05, 0) is 32.9 Å². The van der Waals surface area contributed by atoms with Gasteiger partial charge in [0.25, 0.3) is 0 Å². The lowest BCUT2D eigenvalue weighted by Gasteiger charge is -2.44. The number of likely N-dealkylation sites (tertiary alicyclic amines) is 1. The molecule has 0 aromatic heterocycles. The zero-order valence-corrected chi connectivity index (χ0v) is 13.1. The maximum absolute atomic E-state index is 11.6. The van der Waals surface area contributed by atoms with E-state index in [4.69, 9.17) is 5.73 Å². The lowest BCUT2D eigenvalue weighted by atomic mass is 9.90. The molecule has 19 heavy (non-hydrogen) atoms. The predicted molar refractivity (Wildman–Crippen MR) is 77.9 cm³/mol. The Bertz CT molecular complexity index is 408. The molecule has 5 nitrogen and oxygen atoms in total. The Morgan fingerprint density at radius 1 is 1.26 bits per heavy atom. The quantitative estimate of drug-likeness (QED) is 0.778. The van der Waals surface area contributed by atoms with Gasteiger partial charge in [-0.3, -0.25) is 4.90 Å². The van der Waals surface area contributed by atoms with Crippen molar-refractivity contribution < 1.29 is 8.42 Å². The lowest BCUT2D eigenvalue weighted by Crippen LogP contribution is -2.57. The molecule has 2 heterocycles. The minimum Gasteiger partial charge on any atom is -0.329 e. The molecule has 6 heteroatoms.